The maximum Gasteiger partial charge on any atom is 0.253 e. The zero-order chi connectivity index (χ0) is 19.7. The van der Waals surface area contributed by atoms with Gasteiger partial charge >= 0.3 is 0 Å². The van der Waals surface area contributed by atoms with Gasteiger partial charge in [-0.2, -0.15) is 0 Å². The molecule has 0 bridgehead atoms. The van der Waals surface area contributed by atoms with E-state index in [1.165, 1.54) is 5.56 Å². The molecule has 2 heterocycles. The Morgan fingerprint density at radius 3 is 2.32 bits per heavy atom. The van der Waals surface area contributed by atoms with Gasteiger partial charge in [0.05, 0.1) is 17.6 Å². The largest absolute Gasteiger partial charge is 0.341 e. The highest BCUT2D eigenvalue weighted by Gasteiger charge is 2.23. The molecule has 0 unspecified atom stereocenters. The molecule has 2 aromatic carbocycles. The summed E-state index contributed by atoms with van der Waals surface area (Å²) in [5.74, 6) is 1.11. The van der Waals surface area contributed by atoms with Crippen molar-refractivity contribution < 1.29 is 4.79 Å². The number of aromatic nitrogens is 2. The van der Waals surface area contributed by atoms with Gasteiger partial charge in [0.2, 0.25) is 0 Å². The van der Waals surface area contributed by atoms with Crippen molar-refractivity contribution in [3.63, 3.8) is 0 Å². The molecule has 1 aromatic heterocycles. The highest BCUT2D eigenvalue weighted by molar-refractivity contribution is 5.94. The van der Waals surface area contributed by atoms with E-state index in [0.29, 0.717) is 0 Å². The van der Waals surface area contributed by atoms with Gasteiger partial charge < -0.3 is 9.88 Å². The Hall–Kier alpha value is -2.66. The van der Waals surface area contributed by atoms with E-state index >= 15 is 0 Å². The topological polar surface area (TPSA) is 52.2 Å². The number of rotatable bonds is 3. The molecule has 0 atom stereocenters. The van der Waals surface area contributed by atoms with Crippen LogP contribution in [0.25, 0.3) is 11.0 Å². The predicted octanol–water partition coefficient (Wildman–Crippen LogP) is 3.82. The number of H-pyrrole nitrogens is 1. The number of benzene rings is 2. The van der Waals surface area contributed by atoms with Crippen molar-refractivity contribution in [1.82, 2.24) is 19.8 Å². The first-order chi connectivity index (χ1) is 13.4. The van der Waals surface area contributed by atoms with Crippen LogP contribution in [0.3, 0.4) is 0 Å². The molecule has 146 valence electrons. The van der Waals surface area contributed by atoms with Crippen LogP contribution in [-0.4, -0.2) is 51.9 Å². The number of hydrogen-bond acceptors (Lipinski definition) is 3. The molecule has 1 aliphatic heterocycles. The standard InChI is InChI=1S/C23H28N4O/c1-23(2,3)18-10-8-17(9-11-18)22(28)27-14-12-26(13-15-27)16-21-24-19-6-4-5-7-20(19)25-21/h4-11H,12-16H2,1-3H3,(H,24,25). The number of aromatic amines is 1. The third-order valence-corrected chi connectivity index (χ3v) is 5.47. The lowest BCUT2D eigenvalue weighted by atomic mass is 9.86. The second-order valence-electron chi connectivity index (χ2n) is 8.60. The Kier molecular flexibility index (Phi) is 4.94. The molecule has 1 aliphatic rings. The molecule has 0 aliphatic carbocycles. The van der Waals surface area contributed by atoms with E-state index in [-0.39, 0.29) is 11.3 Å². The highest BCUT2D eigenvalue weighted by Crippen LogP contribution is 2.23. The first-order valence-electron chi connectivity index (χ1n) is 9.96. The van der Waals surface area contributed by atoms with Gasteiger partial charge in [-0.15, -0.1) is 0 Å². The second kappa shape index (κ2) is 7.40. The first-order valence-corrected chi connectivity index (χ1v) is 9.96. The molecule has 0 saturated carbocycles. The summed E-state index contributed by atoms with van der Waals surface area (Å²) >= 11 is 0. The molecule has 0 spiro atoms. The third kappa shape index (κ3) is 3.94. The van der Waals surface area contributed by atoms with Crippen molar-refractivity contribution >= 4 is 16.9 Å². The van der Waals surface area contributed by atoms with E-state index in [9.17, 15) is 4.79 Å². The molecule has 5 heteroatoms. The normalized spacial score (nSPS) is 15.9. The average Bonchev–Trinajstić information content (AvgIpc) is 3.10. The predicted molar refractivity (Wildman–Crippen MR) is 112 cm³/mol. The Labute approximate surface area is 166 Å². The minimum Gasteiger partial charge on any atom is -0.341 e. The van der Waals surface area contributed by atoms with Crippen LogP contribution in [0.5, 0.6) is 0 Å². The average molecular weight is 377 g/mol. The van der Waals surface area contributed by atoms with E-state index < -0.39 is 0 Å². The zero-order valence-corrected chi connectivity index (χ0v) is 16.9. The number of fused-ring (bicyclic) bond motifs is 1. The van der Waals surface area contributed by atoms with Crippen LogP contribution in [0.4, 0.5) is 0 Å². The summed E-state index contributed by atoms with van der Waals surface area (Å²) < 4.78 is 0. The second-order valence-corrected chi connectivity index (χ2v) is 8.60. The van der Waals surface area contributed by atoms with Crippen LogP contribution in [0.1, 0.15) is 42.5 Å². The fourth-order valence-corrected chi connectivity index (χ4v) is 3.70. The van der Waals surface area contributed by atoms with Crippen molar-refractivity contribution in [3.05, 3.63) is 65.5 Å². The number of carbonyl (C=O) groups excluding carboxylic acids is 1. The number of imidazole rings is 1. The molecule has 28 heavy (non-hydrogen) atoms. The van der Waals surface area contributed by atoms with E-state index in [2.05, 4.69) is 47.8 Å². The number of para-hydroxylation sites is 2. The molecule has 3 aromatic rings. The molecule has 1 saturated heterocycles. The lowest BCUT2D eigenvalue weighted by Gasteiger charge is -2.34. The monoisotopic (exact) mass is 376 g/mol. The van der Waals surface area contributed by atoms with Crippen molar-refractivity contribution in [2.75, 3.05) is 26.2 Å². The fourth-order valence-electron chi connectivity index (χ4n) is 3.70. The van der Waals surface area contributed by atoms with Crippen LogP contribution in [-0.2, 0) is 12.0 Å². The lowest BCUT2D eigenvalue weighted by molar-refractivity contribution is 0.0626. The number of carbonyl (C=O) groups is 1. The molecular weight excluding hydrogens is 348 g/mol. The van der Waals surface area contributed by atoms with Crippen LogP contribution in [0.2, 0.25) is 0 Å². The summed E-state index contributed by atoms with van der Waals surface area (Å²) in [6, 6.07) is 16.2. The van der Waals surface area contributed by atoms with Crippen molar-refractivity contribution in [2.45, 2.75) is 32.7 Å². The van der Waals surface area contributed by atoms with Crippen molar-refractivity contribution in [2.24, 2.45) is 0 Å². The maximum atomic E-state index is 12.8. The summed E-state index contributed by atoms with van der Waals surface area (Å²) in [6.45, 7) is 10.6. The number of amides is 1. The summed E-state index contributed by atoms with van der Waals surface area (Å²) in [5.41, 5.74) is 4.21. The minimum atomic E-state index is 0.101. The maximum absolute atomic E-state index is 12.8. The van der Waals surface area contributed by atoms with Gasteiger partial charge in [0.15, 0.2) is 0 Å². The van der Waals surface area contributed by atoms with Crippen LogP contribution in [0, 0.1) is 0 Å². The van der Waals surface area contributed by atoms with E-state index in [0.717, 1.165) is 55.1 Å². The fraction of sp³-hybridized carbons (Fsp3) is 0.391. The van der Waals surface area contributed by atoms with Crippen LogP contribution < -0.4 is 0 Å². The van der Waals surface area contributed by atoms with Gasteiger partial charge in [0, 0.05) is 31.7 Å². The molecule has 0 radical (unpaired) electrons. The molecular formula is C23H28N4O. The van der Waals surface area contributed by atoms with Gasteiger partial charge in [-0.25, -0.2) is 4.98 Å². The van der Waals surface area contributed by atoms with Crippen molar-refractivity contribution in [1.29, 1.82) is 0 Å². The van der Waals surface area contributed by atoms with E-state index in [1.807, 2.05) is 41.3 Å². The molecule has 1 amide bonds. The lowest BCUT2D eigenvalue weighted by Crippen LogP contribution is -2.48. The highest BCUT2D eigenvalue weighted by atomic mass is 16.2. The number of hydrogen-bond donors (Lipinski definition) is 1. The summed E-state index contributed by atoms with van der Waals surface area (Å²) in [5, 5.41) is 0. The number of piperazine rings is 1. The summed E-state index contributed by atoms with van der Waals surface area (Å²) in [6.07, 6.45) is 0. The Bertz CT molecular complexity index is 927. The Morgan fingerprint density at radius 2 is 1.68 bits per heavy atom. The SMILES string of the molecule is CC(C)(C)c1ccc(C(=O)N2CCN(Cc3nc4ccccc4[nH]3)CC2)cc1. The van der Waals surface area contributed by atoms with Gasteiger partial charge in [0.25, 0.3) is 5.91 Å². The van der Waals surface area contributed by atoms with Gasteiger partial charge in [-0.05, 0) is 35.2 Å². The zero-order valence-electron chi connectivity index (χ0n) is 16.9. The molecule has 5 nitrogen and oxygen atoms in total. The van der Waals surface area contributed by atoms with Crippen molar-refractivity contribution in [3.8, 4) is 0 Å². The number of nitrogens with one attached hydrogen (secondary N) is 1. The Morgan fingerprint density at radius 1 is 1.00 bits per heavy atom. The van der Waals surface area contributed by atoms with E-state index in [4.69, 9.17) is 0 Å². The molecule has 1 N–H and O–H groups in total. The van der Waals surface area contributed by atoms with Crippen LogP contribution >= 0.6 is 0 Å². The summed E-state index contributed by atoms with van der Waals surface area (Å²) in [4.78, 5) is 25.2. The van der Waals surface area contributed by atoms with Gasteiger partial charge in [-0.3, -0.25) is 9.69 Å². The quantitative estimate of drug-likeness (QED) is 0.756. The third-order valence-electron chi connectivity index (χ3n) is 5.47. The van der Waals surface area contributed by atoms with E-state index in [1.54, 1.807) is 0 Å². The van der Waals surface area contributed by atoms with Gasteiger partial charge in [0.1, 0.15) is 5.82 Å². The van der Waals surface area contributed by atoms with Gasteiger partial charge in [-0.1, -0.05) is 45.0 Å². The van der Waals surface area contributed by atoms with Crippen LogP contribution in [0.15, 0.2) is 48.5 Å². The molecule has 4 rings (SSSR count). The number of nitrogens with zero attached hydrogens (tertiary/aromatic N) is 3. The minimum absolute atomic E-state index is 0.101. The smallest absolute Gasteiger partial charge is 0.253 e. The molecule has 1 fully saturated rings. The summed E-state index contributed by atoms with van der Waals surface area (Å²) in [7, 11) is 0. The first kappa shape index (κ1) is 18.7. The Balaban J connectivity index is 1.35.